The molecule has 8 nitrogen and oxygen atoms in total. The van der Waals surface area contributed by atoms with Crippen molar-refractivity contribution < 1.29 is 4.74 Å². The lowest BCUT2D eigenvalue weighted by molar-refractivity contribution is 0.411. The van der Waals surface area contributed by atoms with Crippen molar-refractivity contribution in [2.75, 3.05) is 7.11 Å². The number of para-hydroxylation sites is 1. The predicted molar refractivity (Wildman–Crippen MR) is 128 cm³/mol. The maximum atomic E-state index is 13.5. The van der Waals surface area contributed by atoms with Crippen molar-refractivity contribution in [2.24, 2.45) is 0 Å². The van der Waals surface area contributed by atoms with E-state index in [2.05, 4.69) is 10.3 Å². The number of fused-ring (bicyclic) bond motifs is 2. The van der Waals surface area contributed by atoms with Crippen LogP contribution in [0.3, 0.4) is 0 Å². The zero-order valence-electron chi connectivity index (χ0n) is 17.9. The molecular formula is C24H19N5O3S. The molecule has 0 atom stereocenters. The summed E-state index contributed by atoms with van der Waals surface area (Å²) in [6, 6.07) is 19.8. The summed E-state index contributed by atoms with van der Waals surface area (Å²) in [5, 5.41) is 9.58. The first kappa shape index (κ1) is 20.9. The molecule has 0 bridgehead atoms. The van der Waals surface area contributed by atoms with Gasteiger partial charge >= 0.3 is 0 Å². The zero-order chi connectivity index (χ0) is 22.9. The molecule has 0 fully saturated rings. The van der Waals surface area contributed by atoms with Crippen LogP contribution in [0.2, 0.25) is 0 Å². The molecule has 0 N–H and O–H groups in total. The van der Waals surface area contributed by atoms with Crippen LogP contribution in [0.15, 0.2) is 81.5 Å². The lowest BCUT2D eigenvalue weighted by Crippen LogP contribution is -2.25. The van der Waals surface area contributed by atoms with Gasteiger partial charge in [0.25, 0.3) is 11.1 Å². The van der Waals surface area contributed by atoms with Gasteiger partial charge < -0.3 is 4.74 Å². The number of nitrogens with zero attached hydrogens (tertiary/aromatic N) is 5. The molecule has 2 heterocycles. The Morgan fingerprint density at radius 1 is 0.909 bits per heavy atom. The third-order valence-electron chi connectivity index (χ3n) is 5.27. The van der Waals surface area contributed by atoms with Gasteiger partial charge in [-0.3, -0.25) is 14.2 Å². The van der Waals surface area contributed by atoms with Crippen LogP contribution in [0.5, 0.6) is 5.75 Å². The van der Waals surface area contributed by atoms with E-state index in [9.17, 15) is 9.59 Å². The monoisotopic (exact) mass is 457 g/mol. The highest BCUT2D eigenvalue weighted by atomic mass is 32.2. The van der Waals surface area contributed by atoms with E-state index >= 15 is 0 Å². The maximum Gasteiger partial charge on any atom is 0.278 e. The molecule has 5 rings (SSSR count). The summed E-state index contributed by atoms with van der Waals surface area (Å²) in [6.45, 7) is 1.94. The molecule has 0 aliphatic carbocycles. The molecule has 33 heavy (non-hydrogen) atoms. The molecule has 9 heteroatoms. The number of thioether (sulfide) groups is 1. The molecule has 0 saturated heterocycles. The summed E-state index contributed by atoms with van der Waals surface area (Å²) in [6.07, 6.45) is 0. The standard InChI is InChI=1S/C24H19N5O3S/c1-15-11-12-21(32-2)20(13-15)29-23(31)16-7-3-5-9-18(16)25-24(29)33-14-28-22(30)17-8-4-6-10-19(17)26-27-28/h3-13H,14H2,1-2H3. The Balaban J connectivity index is 1.66. The molecular weight excluding hydrogens is 438 g/mol. The Morgan fingerprint density at radius 2 is 1.61 bits per heavy atom. The summed E-state index contributed by atoms with van der Waals surface area (Å²) in [5.41, 5.74) is 2.19. The van der Waals surface area contributed by atoms with E-state index in [1.807, 2.05) is 37.3 Å². The highest BCUT2D eigenvalue weighted by Gasteiger charge is 2.17. The van der Waals surface area contributed by atoms with E-state index in [1.165, 1.54) is 21.0 Å². The maximum absolute atomic E-state index is 13.5. The van der Waals surface area contributed by atoms with Crippen molar-refractivity contribution in [1.82, 2.24) is 24.5 Å². The molecule has 0 unspecified atom stereocenters. The minimum atomic E-state index is -0.254. The first-order valence-corrected chi connectivity index (χ1v) is 11.2. The minimum absolute atomic E-state index is 0.135. The Kier molecular flexibility index (Phi) is 5.39. The minimum Gasteiger partial charge on any atom is -0.495 e. The van der Waals surface area contributed by atoms with Crippen molar-refractivity contribution in [1.29, 1.82) is 0 Å². The molecule has 5 aromatic rings. The average molecular weight is 458 g/mol. The van der Waals surface area contributed by atoms with Crippen LogP contribution in [-0.2, 0) is 5.88 Å². The molecule has 0 radical (unpaired) electrons. The lowest BCUT2D eigenvalue weighted by Gasteiger charge is -2.16. The number of hydrogen-bond donors (Lipinski definition) is 0. The van der Waals surface area contributed by atoms with Gasteiger partial charge in [-0.25, -0.2) is 4.98 Å². The smallest absolute Gasteiger partial charge is 0.278 e. The average Bonchev–Trinajstić information content (AvgIpc) is 2.84. The summed E-state index contributed by atoms with van der Waals surface area (Å²) in [5.74, 6) is 0.680. The number of aryl methyl sites for hydroxylation is 1. The van der Waals surface area contributed by atoms with Crippen LogP contribution >= 0.6 is 11.8 Å². The van der Waals surface area contributed by atoms with Gasteiger partial charge in [0.2, 0.25) is 0 Å². The molecule has 2 aromatic heterocycles. The summed E-state index contributed by atoms with van der Waals surface area (Å²) < 4.78 is 8.33. The Hall–Kier alpha value is -3.98. The van der Waals surface area contributed by atoms with Crippen LogP contribution in [0.25, 0.3) is 27.5 Å². The number of hydrogen-bond acceptors (Lipinski definition) is 7. The Labute approximate surface area is 192 Å². The van der Waals surface area contributed by atoms with Gasteiger partial charge in [-0.05, 0) is 48.9 Å². The quantitative estimate of drug-likeness (QED) is 0.294. The first-order chi connectivity index (χ1) is 16.1. The topological polar surface area (TPSA) is 91.9 Å². The number of aromatic nitrogens is 5. The second-order valence-electron chi connectivity index (χ2n) is 7.41. The fraction of sp³-hybridized carbons (Fsp3) is 0.125. The molecule has 0 aliphatic rings. The summed E-state index contributed by atoms with van der Waals surface area (Å²) in [4.78, 5) is 31.1. The van der Waals surface area contributed by atoms with Crippen molar-refractivity contribution in [2.45, 2.75) is 18.0 Å². The SMILES string of the molecule is COc1ccc(C)cc1-n1c(SCn2nnc3ccccc3c2=O)nc2ccccc2c1=O. The van der Waals surface area contributed by atoms with Gasteiger partial charge in [0, 0.05) is 0 Å². The van der Waals surface area contributed by atoms with E-state index in [-0.39, 0.29) is 17.0 Å². The summed E-state index contributed by atoms with van der Waals surface area (Å²) >= 11 is 1.23. The van der Waals surface area contributed by atoms with Crippen LogP contribution in [0.1, 0.15) is 5.56 Å². The Morgan fingerprint density at radius 3 is 2.36 bits per heavy atom. The van der Waals surface area contributed by atoms with E-state index in [0.29, 0.717) is 38.4 Å². The molecule has 0 amide bonds. The van der Waals surface area contributed by atoms with Crippen molar-refractivity contribution >= 4 is 33.6 Å². The second kappa shape index (κ2) is 8.51. The van der Waals surface area contributed by atoms with Gasteiger partial charge in [0.05, 0.1) is 35.0 Å². The van der Waals surface area contributed by atoms with Crippen LogP contribution in [-0.4, -0.2) is 31.7 Å². The molecule has 0 spiro atoms. The van der Waals surface area contributed by atoms with Gasteiger partial charge in [0.1, 0.15) is 11.3 Å². The third-order valence-corrected chi connectivity index (χ3v) is 6.17. The lowest BCUT2D eigenvalue weighted by atomic mass is 10.2. The van der Waals surface area contributed by atoms with Gasteiger partial charge in [-0.2, -0.15) is 4.68 Å². The van der Waals surface area contributed by atoms with Crippen molar-refractivity contribution in [3.05, 3.63) is 93.0 Å². The van der Waals surface area contributed by atoms with Crippen LogP contribution in [0.4, 0.5) is 0 Å². The predicted octanol–water partition coefficient (Wildman–Crippen LogP) is 3.56. The fourth-order valence-corrected chi connectivity index (χ4v) is 4.50. The van der Waals surface area contributed by atoms with E-state index in [0.717, 1.165) is 5.56 Å². The first-order valence-electron chi connectivity index (χ1n) is 10.2. The zero-order valence-corrected chi connectivity index (χ0v) is 18.7. The van der Waals surface area contributed by atoms with Gasteiger partial charge in [-0.15, -0.1) is 5.10 Å². The second-order valence-corrected chi connectivity index (χ2v) is 8.32. The van der Waals surface area contributed by atoms with Crippen LogP contribution in [0, 0.1) is 6.92 Å². The number of benzene rings is 3. The highest BCUT2D eigenvalue weighted by molar-refractivity contribution is 7.98. The van der Waals surface area contributed by atoms with E-state index < -0.39 is 0 Å². The Bertz CT molecular complexity index is 1630. The number of methoxy groups -OCH3 is 1. The van der Waals surface area contributed by atoms with E-state index in [1.54, 1.807) is 43.5 Å². The number of ether oxygens (including phenoxy) is 1. The van der Waals surface area contributed by atoms with Crippen molar-refractivity contribution in [3.8, 4) is 11.4 Å². The van der Waals surface area contributed by atoms with Crippen LogP contribution < -0.4 is 15.9 Å². The molecule has 3 aromatic carbocycles. The fourth-order valence-electron chi connectivity index (χ4n) is 3.62. The number of rotatable bonds is 5. The third kappa shape index (κ3) is 3.76. The van der Waals surface area contributed by atoms with E-state index in [4.69, 9.17) is 9.72 Å². The van der Waals surface area contributed by atoms with Crippen molar-refractivity contribution in [3.63, 3.8) is 0 Å². The molecule has 164 valence electrons. The normalized spacial score (nSPS) is 11.2. The van der Waals surface area contributed by atoms with Gasteiger partial charge in [-0.1, -0.05) is 47.3 Å². The summed E-state index contributed by atoms with van der Waals surface area (Å²) in [7, 11) is 1.56. The molecule has 0 aliphatic heterocycles. The highest BCUT2D eigenvalue weighted by Crippen LogP contribution is 2.28. The van der Waals surface area contributed by atoms with Gasteiger partial charge in [0.15, 0.2) is 5.16 Å². The largest absolute Gasteiger partial charge is 0.495 e. The molecule has 0 saturated carbocycles.